The zero-order valence-electron chi connectivity index (χ0n) is 13.4. The van der Waals surface area contributed by atoms with Crippen LogP contribution in [0.5, 0.6) is 0 Å². The average Bonchev–Trinajstić information content (AvgIpc) is 2.41. The van der Waals surface area contributed by atoms with Crippen LogP contribution < -0.4 is 0 Å². The number of unbranched alkanes of at least 4 members (excludes halogenated alkanes) is 3. The third-order valence-electron chi connectivity index (χ3n) is 3.05. The van der Waals surface area contributed by atoms with Gasteiger partial charge in [-0.05, 0) is 33.6 Å². The molecule has 0 amide bonds. The fourth-order valence-corrected chi connectivity index (χ4v) is 2.07. The zero-order valence-corrected chi connectivity index (χ0v) is 13.4. The fraction of sp³-hybridized carbons (Fsp3) is 0.556. The highest BCUT2D eigenvalue weighted by Crippen LogP contribution is 2.13. The first kappa shape index (κ1) is 17.4. The third kappa shape index (κ3) is 8.28. The Balaban J connectivity index is 2.07. The van der Waals surface area contributed by atoms with Gasteiger partial charge in [0.05, 0.1) is 0 Å². The molecule has 3 nitrogen and oxygen atoms in total. The lowest BCUT2D eigenvalue weighted by Crippen LogP contribution is -2.23. The number of esters is 1. The maximum Gasteiger partial charge on any atom is 0.306 e. The predicted molar refractivity (Wildman–Crippen MR) is 84.3 cm³/mol. The van der Waals surface area contributed by atoms with Crippen molar-refractivity contribution in [1.29, 1.82) is 0 Å². The van der Waals surface area contributed by atoms with Crippen LogP contribution in [0.25, 0.3) is 0 Å². The maximum absolute atomic E-state index is 11.9. The Morgan fingerprint density at radius 2 is 1.48 bits per heavy atom. The van der Waals surface area contributed by atoms with Crippen molar-refractivity contribution < 1.29 is 14.3 Å². The number of Topliss-reactive ketones (excluding diaryl/α,β-unsaturated/α-hetero) is 1. The van der Waals surface area contributed by atoms with Crippen LogP contribution in [0.15, 0.2) is 30.3 Å². The van der Waals surface area contributed by atoms with Crippen molar-refractivity contribution >= 4 is 11.8 Å². The molecule has 1 aromatic rings. The van der Waals surface area contributed by atoms with Crippen molar-refractivity contribution in [1.82, 2.24) is 0 Å². The first-order chi connectivity index (χ1) is 9.88. The van der Waals surface area contributed by atoms with E-state index in [0.717, 1.165) is 31.2 Å². The molecule has 1 aromatic carbocycles. The van der Waals surface area contributed by atoms with E-state index in [1.807, 2.05) is 51.1 Å². The lowest BCUT2D eigenvalue weighted by molar-refractivity contribution is -0.154. The molecule has 0 bridgehead atoms. The second-order valence-corrected chi connectivity index (χ2v) is 6.29. The Morgan fingerprint density at radius 3 is 2.05 bits per heavy atom. The van der Waals surface area contributed by atoms with E-state index in [1.54, 1.807) is 0 Å². The molecule has 0 spiro atoms. The smallest absolute Gasteiger partial charge is 0.306 e. The Kier molecular flexibility index (Phi) is 7.13. The van der Waals surface area contributed by atoms with Crippen LogP contribution in [0.4, 0.5) is 0 Å². The van der Waals surface area contributed by atoms with Gasteiger partial charge in [0.25, 0.3) is 0 Å². The van der Waals surface area contributed by atoms with Crippen LogP contribution >= 0.6 is 0 Å². The van der Waals surface area contributed by atoms with Gasteiger partial charge in [0.15, 0.2) is 5.78 Å². The standard InChI is InChI=1S/C18H26O3/c1-18(2,3)21-17(20)14-10-5-4-9-13-16(19)15-11-7-6-8-12-15/h6-8,11-12H,4-5,9-10,13-14H2,1-3H3. The number of benzene rings is 1. The van der Waals surface area contributed by atoms with Gasteiger partial charge in [0, 0.05) is 18.4 Å². The summed E-state index contributed by atoms with van der Waals surface area (Å²) in [6, 6.07) is 9.38. The second kappa shape index (κ2) is 8.60. The molecule has 0 heterocycles. The SMILES string of the molecule is CC(C)(C)OC(=O)CCCCCCC(=O)c1ccccc1. The molecule has 0 saturated heterocycles. The number of hydrogen-bond donors (Lipinski definition) is 0. The number of hydrogen-bond acceptors (Lipinski definition) is 3. The van der Waals surface area contributed by atoms with Crippen molar-refractivity contribution in [2.45, 2.75) is 64.9 Å². The van der Waals surface area contributed by atoms with Gasteiger partial charge in [-0.15, -0.1) is 0 Å². The summed E-state index contributed by atoms with van der Waals surface area (Å²) in [7, 11) is 0. The third-order valence-corrected chi connectivity index (χ3v) is 3.05. The van der Waals surface area contributed by atoms with Crippen LogP contribution in [0.3, 0.4) is 0 Å². The molecule has 21 heavy (non-hydrogen) atoms. The van der Waals surface area contributed by atoms with Gasteiger partial charge in [-0.3, -0.25) is 9.59 Å². The first-order valence-corrected chi connectivity index (χ1v) is 7.68. The van der Waals surface area contributed by atoms with E-state index in [-0.39, 0.29) is 11.8 Å². The van der Waals surface area contributed by atoms with E-state index < -0.39 is 5.60 Å². The van der Waals surface area contributed by atoms with Gasteiger partial charge >= 0.3 is 5.97 Å². The predicted octanol–water partition coefficient (Wildman–Crippen LogP) is 4.55. The average molecular weight is 290 g/mol. The first-order valence-electron chi connectivity index (χ1n) is 7.68. The lowest BCUT2D eigenvalue weighted by atomic mass is 10.0. The van der Waals surface area contributed by atoms with Gasteiger partial charge in [0.1, 0.15) is 5.60 Å². The van der Waals surface area contributed by atoms with Crippen molar-refractivity contribution in [3.63, 3.8) is 0 Å². The normalized spacial score (nSPS) is 11.2. The van der Waals surface area contributed by atoms with Gasteiger partial charge in [0.2, 0.25) is 0 Å². The zero-order chi connectivity index (χ0) is 15.7. The molecule has 0 aliphatic heterocycles. The van der Waals surface area contributed by atoms with E-state index >= 15 is 0 Å². The summed E-state index contributed by atoms with van der Waals surface area (Å²) in [4.78, 5) is 23.4. The summed E-state index contributed by atoms with van der Waals surface area (Å²) in [6.45, 7) is 5.63. The number of ether oxygens (including phenoxy) is 1. The highest BCUT2D eigenvalue weighted by atomic mass is 16.6. The monoisotopic (exact) mass is 290 g/mol. The van der Waals surface area contributed by atoms with E-state index in [2.05, 4.69) is 0 Å². The molecule has 0 radical (unpaired) electrons. The van der Waals surface area contributed by atoms with E-state index in [4.69, 9.17) is 4.74 Å². The molecule has 116 valence electrons. The van der Waals surface area contributed by atoms with Crippen molar-refractivity contribution in [3.05, 3.63) is 35.9 Å². The van der Waals surface area contributed by atoms with Crippen LogP contribution in [0.2, 0.25) is 0 Å². The molecule has 0 aromatic heterocycles. The summed E-state index contributed by atoms with van der Waals surface area (Å²) >= 11 is 0. The van der Waals surface area contributed by atoms with Gasteiger partial charge in [-0.25, -0.2) is 0 Å². The Morgan fingerprint density at radius 1 is 0.905 bits per heavy atom. The summed E-state index contributed by atoms with van der Waals surface area (Å²) in [5.41, 5.74) is 0.380. The van der Waals surface area contributed by atoms with Crippen LogP contribution in [-0.4, -0.2) is 17.4 Å². The van der Waals surface area contributed by atoms with Gasteiger partial charge in [-0.1, -0.05) is 43.2 Å². The second-order valence-electron chi connectivity index (χ2n) is 6.29. The maximum atomic E-state index is 11.9. The number of rotatable bonds is 8. The highest BCUT2D eigenvalue weighted by Gasteiger charge is 2.15. The van der Waals surface area contributed by atoms with E-state index in [1.165, 1.54) is 0 Å². The summed E-state index contributed by atoms with van der Waals surface area (Å²) < 4.78 is 5.25. The quantitative estimate of drug-likeness (QED) is 0.401. The molecule has 0 aliphatic rings. The van der Waals surface area contributed by atoms with Crippen LogP contribution in [-0.2, 0) is 9.53 Å². The lowest BCUT2D eigenvalue weighted by Gasteiger charge is -2.19. The molecular weight excluding hydrogens is 264 g/mol. The van der Waals surface area contributed by atoms with E-state index in [0.29, 0.717) is 12.8 Å². The van der Waals surface area contributed by atoms with Crippen molar-refractivity contribution in [2.75, 3.05) is 0 Å². The van der Waals surface area contributed by atoms with E-state index in [9.17, 15) is 9.59 Å². The summed E-state index contributed by atoms with van der Waals surface area (Å²) in [5, 5.41) is 0. The molecule has 0 N–H and O–H groups in total. The Hall–Kier alpha value is -1.64. The fourth-order valence-electron chi connectivity index (χ4n) is 2.07. The molecule has 0 atom stereocenters. The largest absolute Gasteiger partial charge is 0.460 e. The molecule has 0 saturated carbocycles. The minimum absolute atomic E-state index is 0.136. The molecule has 0 fully saturated rings. The number of carbonyl (C=O) groups is 2. The summed E-state index contributed by atoms with van der Waals surface area (Å²) in [6.07, 6.45) is 4.68. The minimum atomic E-state index is -0.404. The molecule has 1 rings (SSSR count). The Labute approximate surface area is 127 Å². The summed E-state index contributed by atoms with van der Waals surface area (Å²) in [5.74, 6) is 0.0607. The van der Waals surface area contributed by atoms with Gasteiger partial charge < -0.3 is 4.74 Å². The topological polar surface area (TPSA) is 43.4 Å². The highest BCUT2D eigenvalue weighted by molar-refractivity contribution is 5.95. The molecule has 3 heteroatoms. The molecule has 0 aliphatic carbocycles. The number of carbonyl (C=O) groups excluding carboxylic acids is 2. The molecular formula is C18H26O3. The van der Waals surface area contributed by atoms with Crippen LogP contribution in [0, 0.1) is 0 Å². The molecule has 0 unspecified atom stereocenters. The van der Waals surface area contributed by atoms with Crippen molar-refractivity contribution in [2.24, 2.45) is 0 Å². The number of ketones is 1. The van der Waals surface area contributed by atoms with Crippen LogP contribution in [0.1, 0.15) is 69.7 Å². The Bertz CT molecular complexity index is 443. The van der Waals surface area contributed by atoms with Crippen molar-refractivity contribution in [3.8, 4) is 0 Å². The minimum Gasteiger partial charge on any atom is -0.460 e. The van der Waals surface area contributed by atoms with Gasteiger partial charge in [-0.2, -0.15) is 0 Å².